The number of carbonyl (C=O) groups is 2. The molecule has 1 amide bonds. The van der Waals surface area contributed by atoms with Crippen molar-refractivity contribution in [2.45, 2.75) is 38.3 Å². The maximum Gasteiger partial charge on any atom is 0.358 e. The molecule has 0 saturated heterocycles. The van der Waals surface area contributed by atoms with E-state index in [1.807, 2.05) is 0 Å². The Morgan fingerprint density at radius 3 is 2.85 bits per heavy atom. The Labute approximate surface area is 116 Å². The molecule has 20 heavy (non-hydrogen) atoms. The van der Waals surface area contributed by atoms with Crippen LogP contribution in [0.1, 0.15) is 36.2 Å². The van der Waals surface area contributed by atoms with E-state index in [-0.39, 0.29) is 11.6 Å². The second-order valence-electron chi connectivity index (χ2n) is 4.87. The van der Waals surface area contributed by atoms with Crippen LogP contribution in [0.15, 0.2) is 6.20 Å². The molecule has 0 spiro atoms. The van der Waals surface area contributed by atoms with E-state index in [2.05, 4.69) is 20.9 Å². The van der Waals surface area contributed by atoms with Gasteiger partial charge in [0.1, 0.15) is 0 Å². The third-order valence-corrected chi connectivity index (χ3v) is 2.98. The first kappa shape index (κ1) is 14.4. The summed E-state index contributed by atoms with van der Waals surface area (Å²) in [5.41, 5.74) is -0.0539. The van der Waals surface area contributed by atoms with Gasteiger partial charge in [-0.2, -0.15) is 0 Å². The minimum Gasteiger partial charge on any atom is -0.476 e. The molecule has 1 aliphatic carbocycles. The zero-order valence-corrected chi connectivity index (χ0v) is 11.2. The Bertz CT molecular complexity index is 469. The molecular weight excluding hydrogens is 262 g/mol. The fraction of sp³-hybridized carbons (Fsp3) is 0.667. The van der Waals surface area contributed by atoms with E-state index in [1.165, 1.54) is 10.9 Å². The lowest BCUT2D eigenvalue weighted by atomic mass is 10.3. The highest BCUT2D eigenvalue weighted by atomic mass is 16.4. The molecule has 110 valence electrons. The van der Waals surface area contributed by atoms with Crippen LogP contribution in [-0.4, -0.2) is 51.1 Å². The highest BCUT2D eigenvalue weighted by Gasteiger charge is 2.22. The van der Waals surface area contributed by atoms with Crippen molar-refractivity contribution >= 4 is 11.9 Å². The number of rotatable bonds is 9. The molecule has 1 fully saturated rings. The first-order valence-corrected chi connectivity index (χ1v) is 6.78. The van der Waals surface area contributed by atoms with Gasteiger partial charge in [0.25, 0.3) is 0 Å². The molecule has 1 saturated carbocycles. The van der Waals surface area contributed by atoms with Crippen LogP contribution in [-0.2, 0) is 11.3 Å². The van der Waals surface area contributed by atoms with Gasteiger partial charge in [0.2, 0.25) is 5.91 Å². The second-order valence-corrected chi connectivity index (χ2v) is 4.87. The van der Waals surface area contributed by atoms with E-state index >= 15 is 0 Å². The molecule has 1 heterocycles. The Hall–Kier alpha value is -1.96. The summed E-state index contributed by atoms with van der Waals surface area (Å²) < 4.78 is 1.48. The van der Waals surface area contributed by atoms with Gasteiger partial charge in [-0.1, -0.05) is 5.21 Å². The van der Waals surface area contributed by atoms with Crippen molar-refractivity contribution in [2.75, 3.05) is 13.1 Å². The first-order chi connectivity index (χ1) is 9.65. The second kappa shape index (κ2) is 6.99. The highest BCUT2D eigenvalue weighted by Crippen LogP contribution is 2.18. The van der Waals surface area contributed by atoms with E-state index in [9.17, 15) is 9.59 Å². The van der Waals surface area contributed by atoms with Gasteiger partial charge >= 0.3 is 5.97 Å². The lowest BCUT2D eigenvalue weighted by Crippen LogP contribution is -2.27. The van der Waals surface area contributed by atoms with Crippen LogP contribution in [0.3, 0.4) is 0 Å². The fourth-order valence-electron chi connectivity index (χ4n) is 1.73. The van der Waals surface area contributed by atoms with E-state index in [0.717, 1.165) is 25.8 Å². The number of nitrogens with one attached hydrogen (secondary N) is 2. The number of amides is 1. The van der Waals surface area contributed by atoms with Gasteiger partial charge in [0.15, 0.2) is 5.69 Å². The van der Waals surface area contributed by atoms with Crippen molar-refractivity contribution in [3.63, 3.8) is 0 Å². The van der Waals surface area contributed by atoms with Gasteiger partial charge in [0.05, 0.1) is 12.7 Å². The van der Waals surface area contributed by atoms with Gasteiger partial charge in [-0.25, -0.2) is 4.79 Å². The number of hydrogen-bond acceptors (Lipinski definition) is 5. The SMILES string of the molecule is O=C(CCCNCCn1cc(C(=O)O)nn1)NC1CC1. The summed E-state index contributed by atoms with van der Waals surface area (Å²) in [4.78, 5) is 22.0. The van der Waals surface area contributed by atoms with Crippen LogP contribution in [0.2, 0.25) is 0 Å². The van der Waals surface area contributed by atoms with E-state index in [0.29, 0.717) is 25.6 Å². The van der Waals surface area contributed by atoms with Crippen LogP contribution < -0.4 is 10.6 Å². The quantitative estimate of drug-likeness (QED) is 0.533. The summed E-state index contributed by atoms with van der Waals surface area (Å²) in [7, 11) is 0. The van der Waals surface area contributed by atoms with Crippen molar-refractivity contribution in [1.82, 2.24) is 25.6 Å². The standard InChI is InChI=1S/C12H19N5O3/c18-11(14-9-3-4-9)2-1-5-13-6-7-17-8-10(12(19)20)15-16-17/h8-9,13H,1-7H2,(H,14,18)(H,19,20). The van der Waals surface area contributed by atoms with Crippen molar-refractivity contribution in [3.05, 3.63) is 11.9 Å². The van der Waals surface area contributed by atoms with Crippen molar-refractivity contribution in [2.24, 2.45) is 0 Å². The van der Waals surface area contributed by atoms with Crippen molar-refractivity contribution in [1.29, 1.82) is 0 Å². The molecule has 0 unspecified atom stereocenters. The Morgan fingerprint density at radius 2 is 2.20 bits per heavy atom. The third kappa shape index (κ3) is 4.96. The zero-order chi connectivity index (χ0) is 14.4. The normalized spacial score (nSPS) is 14.2. The molecule has 3 N–H and O–H groups in total. The molecule has 0 radical (unpaired) electrons. The van der Waals surface area contributed by atoms with Crippen LogP contribution >= 0.6 is 0 Å². The summed E-state index contributed by atoms with van der Waals surface area (Å²) in [6, 6.07) is 0.422. The number of carbonyl (C=O) groups excluding carboxylic acids is 1. The fourth-order valence-corrected chi connectivity index (χ4v) is 1.73. The van der Waals surface area contributed by atoms with E-state index < -0.39 is 5.97 Å². The first-order valence-electron chi connectivity index (χ1n) is 6.78. The van der Waals surface area contributed by atoms with Gasteiger partial charge in [-0.15, -0.1) is 5.10 Å². The Balaban J connectivity index is 1.50. The summed E-state index contributed by atoms with van der Waals surface area (Å²) in [6.07, 6.45) is 4.94. The summed E-state index contributed by atoms with van der Waals surface area (Å²) in [6.45, 7) is 1.96. The zero-order valence-electron chi connectivity index (χ0n) is 11.2. The third-order valence-electron chi connectivity index (χ3n) is 2.98. The lowest BCUT2D eigenvalue weighted by Gasteiger charge is -2.05. The molecule has 8 heteroatoms. The molecule has 0 aliphatic heterocycles. The largest absolute Gasteiger partial charge is 0.476 e. The van der Waals surface area contributed by atoms with Crippen molar-refractivity contribution < 1.29 is 14.7 Å². The lowest BCUT2D eigenvalue weighted by molar-refractivity contribution is -0.121. The predicted molar refractivity (Wildman–Crippen MR) is 70.2 cm³/mol. The topological polar surface area (TPSA) is 109 Å². The van der Waals surface area contributed by atoms with Gasteiger partial charge < -0.3 is 15.7 Å². The number of aromatic nitrogens is 3. The number of carboxylic acid groups (broad SMARTS) is 1. The maximum absolute atomic E-state index is 11.4. The molecule has 1 aliphatic rings. The molecule has 2 rings (SSSR count). The molecular formula is C12H19N5O3. The van der Waals surface area contributed by atoms with Crippen LogP contribution in [0.4, 0.5) is 0 Å². The summed E-state index contributed by atoms with van der Waals surface area (Å²) in [5.74, 6) is -0.956. The number of carboxylic acids is 1. The summed E-state index contributed by atoms with van der Waals surface area (Å²) >= 11 is 0. The minimum absolute atomic E-state index is 0.0539. The van der Waals surface area contributed by atoms with Crippen LogP contribution in [0, 0.1) is 0 Å². The number of aromatic carboxylic acids is 1. The van der Waals surface area contributed by atoms with Gasteiger partial charge in [-0.3, -0.25) is 9.48 Å². The predicted octanol–water partition coefficient (Wildman–Crippen LogP) is -0.375. The smallest absolute Gasteiger partial charge is 0.358 e. The number of hydrogen-bond donors (Lipinski definition) is 3. The highest BCUT2D eigenvalue weighted by molar-refractivity contribution is 5.84. The average Bonchev–Trinajstić information content (AvgIpc) is 3.07. The molecule has 1 aromatic rings. The average molecular weight is 281 g/mol. The number of nitrogens with zero attached hydrogens (tertiary/aromatic N) is 3. The molecule has 0 bridgehead atoms. The molecule has 0 atom stereocenters. The van der Waals surface area contributed by atoms with E-state index in [1.54, 1.807) is 0 Å². The van der Waals surface area contributed by atoms with Gasteiger partial charge in [0, 0.05) is 19.0 Å². The maximum atomic E-state index is 11.4. The Kier molecular flexibility index (Phi) is 5.05. The monoisotopic (exact) mass is 281 g/mol. The van der Waals surface area contributed by atoms with Gasteiger partial charge in [-0.05, 0) is 25.8 Å². The summed E-state index contributed by atoms with van der Waals surface area (Å²) in [5, 5.41) is 22.0. The Morgan fingerprint density at radius 1 is 1.40 bits per heavy atom. The van der Waals surface area contributed by atoms with Crippen molar-refractivity contribution in [3.8, 4) is 0 Å². The minimum atomic E-state index is -1.08. The van der Waals surface area contributed by atoms with Crippen LogP contribution in [0.5, 0.6) is 0 Å². The molecule has 0 aromatic carbocycles. The molecule has 1 aromatic heterocycles. The van der Waals surface area contributed by atoms with E-state index in [4.69, 9.17) is 5.11 Å². The van der Waals surface area contributed by atoms with Crippen LogP contribution in [0.25, 0.3) is 0 Å². The molecule has 8 nitrogen and oxygen atoms in total.